The summed E-state index contributed by atoms with van der Waals surface area (Å²) in [5.41, 5.74) is 8.99. The number of nitrogens with two attached hydrogens (primary N) is 1. The summed E-state index contributed by atoms with van der Waals surface area (Å²) < 4.78 is 1.68. The second kappa shape index (κ2) is 7.20. The van der Waals surface area contributed by atoms with Gasteiger partial charge >= 0.3 is 0 Å². The van der Waals surface area contributed by atoms with Gasteiger partial charge in [-0.25, -0.2) is 0 Å². The van der Waals surface area contributed by atoms with Crippen LogP contribution in [-0.2, 0) is 12.3 Å². The molecule has 0 aliphatic heterocycles. The van der Waals surface area contributed by atoms with Gasteiger partial charge in [0.05, 0.1) is 0 Å². The molecule has 1 aromatic heterocycles. The number of thioether (sulfide) groups is 1. The highest BCUT2D eigenvalue weighted by Gasteiger charge is 1.98. The van der Waals surface area contributed by atoms with E-state index < -0.39 is 0 Å². The minimum absolute atomic E-state index is 0.0166. The largest absolute Gasteiger partial charge is 0.398 e. The van der Waals surface area contributed by atoms with Gasteiger partial charge in [0.25, 0.3) is 5.56 Å². The molecule has 2 rings (SSSR count). The Labute approximate surface area is 123 Å². The molecule has 0 aliphatic rings. The van der Waals surface area contributed by atoms with E-state index >= 15 is 0 Å². The molecule has 0 spiro atoms. The highest BCUT2D eigenvalue weighted by atomic mass is 32.2. The predicted octanol–water partition coefficient (Wildman–Crippen LogP) is 3.06. The van der Waals surface area contributed by atoms with E-state index in [-0.39, 0.29) is 5.56 Å². The van der Waals surface area contributed by atoms with Crippen molar-refractivity contribution in [3.8, 4) is 0 Å². The second-order valence-electron chi connectivity index (χ2n) is 4.89. The highest BCUT2D eigenvalue weighted by molar-refractivity contribution is 7.98. The number of anilines is 1. The fraction of sp³-hybridized carbons (Fsp3) is 0.312. The Morgan fingerprint density at radius 1 is 1.25 bits per heavy atom. The smallest absolute Gasteiger partial charge is 0.250 e. The van der Waals surface area contributed by atoms with E-state index in [4.69, 9.17) is 5.73 Å². The number of benzene rings is 1. The van der Waals surface area contributed by atoms with Crippen LogP contribution in [-0.4, -0.2) is 10.3 Å². The van der Waals surface area contributed by atoms with Crippen LogP contribution >= 0.6 is 11.8 Å². The first kappa shape index (κ1) is 14.7. The molecule has 0 atom stereocenters. The molecule has 0 unspecified atom stereocenters. The molecule has 0 fully saturated rings. The Balaban J connectivity index is 1.74. The zero-order chi connectivity index (χ0) is 14.4. The lowest BCUT2D eigenvalue weighted by molar-refractivity contribution is 0.660. The average Bonchev–Trinajstić information content (AvgIpc) is 2.42. The predicted molar refractivity (Wildman–Crippen MR) is 87.1 cm³/mol. The summed E-state index contributed by atoms with van der Waals surface area (Å²) in [5.74, 6) is 2.06. The van der Waals surface area contributed by atoms with Crippen LogP contribution < -0.4 is 11.3 Å². The van der Waals surface area contributed by atoms with Crippen LogP contribution in [0.4, 0.5) is 5.69 Å². The SMILES string of the molecule is Cc1cccc(CSCCCn2cc(N)ccc2=O)c1. The van der Waals surface area contributed by atoms with Gasteiger partial charge in [0, 0.05) is 30.2 Å². The summed E-state index contributed by atoms with van der Waals surface area (Å²) >= 11 is 1.90. The number of hydrogen-bond donors (Lipinski definition) is 1. The number of aromatic nitrogens is 1. The van der Waals surface area contributed by atoms with E-state index in [1.54, 1.807) is 16.8 Å². The summed E-state index contributed by atoms with van der Waals surface area (Å²) in [6.45, 7) is 2.84. The molecule has 0 saturated carbocycles. The molecule has 2 N–H and O–H groups in total. The van der Waals surface area contributed by atoms with Crippen LogP contribution in [0.1, 0.15) is 17.5 Å². The standard InChI is InChI=1S/C16H20N2OS/c1-13-4-2-5-14(10-13)12-20-9-3-8-18-11-15(17)6-7-16(18)19/h2,4-7,10-11H,3,8-9,12,17H2,1H3. The van der Waals surface area contributed by atoms with Crippen molar-refractivity contribution in [1.29, 1.82) is 0 Å². The molecular formula is C16H20N2OS. The molecule has 0 bridgehead atoms. The Bertz CT molecular complexity index is 622. The van der Waals surface area contributed by atoms with Crippen molar-refractivity contribution < 1.29 is 0 Å². The molecular weight excluding hydrogens is 268 g/mol. The van der Waals surface area contributed by atoms with E-state index in [0.717, 1.165) is 24.5 Å². The maximum absolute atomic E-state index is 11.6. The summed E-state index contributed by atoms with van der Waals surface area (Å²) in [4.78, 5) is 11.6. The molecule has 1 aromatic carbocycles. The van der Waals surface area contributed by atoms with Gasteiger partial charge in [-0.2, -0.15) is 11.8 Å². The van der Waals surface area contributed by atoms with Gasteiger partial charge < -0.3 is 10.3 Å². The van der Waals surface area contributed by atoms with Crippen molar-refractivity contribution in [2.24, 2.45) is 0 Å². The van der Waals surface area contributed by atoms with Gasteiger partial charge in [-0.05, 0) is 30.7 Å². The van der Waals surface area contributed by atoms with Gasteiger partial charge in [0.2, 0.25) is 0 Å². The topological polar surface area (TPSA) is 48.0 Å². The number of pyridine rings is 1. The summed E-state index contributed by atoms with van der Waals surface area (Å²) in [5, 5.41) is 0. The number of rotatable bonds is 6. The quantitative estimate of drug-likeness (QED) is 0.831. The number of nitrogen functional groups attached to an aromatic ring is 1. The molecule has 2 aromatic rings. The highest BCUT2D eigenvalue weighted by Crippen LogP contribution is 2.14. The molecule has 4 heteroatoms. The van der Waals surface area contributed by atoms with E-state index in [0.29, 0.717) is 5.69 Å². The second-order valence-corrected chi connectivity index (χ2v) is 5.99. The van der Waals surface area contributed by atoms with Crippen LogP contribution in [0.15, 0.2) is 47.4 Å². The van der Waals surface area contributed by atoms with Crippen molar-refractivity contribution >= 4 is 17.4 Å². The fourth-order valence-electron chi connectivity index (χ4n) is 2.05. The van der Waals surface area contributed by atoms with Gasteiger partial charge in [-0.1, -0.05) is 29.8 Å². The lowest BCUT2D eigenvalue weighted by atomic mass is 10.2. The normalized spacial score (nSPS) is 10.7. The Morgan fingerprint density at radius 3 is 2.90 bits per heavy atom. The maximum Gasteiger partial charge on any atom is 0.250 e. The average molecular weight is 288 g/mol. The van der Waals surface area contributed by atoms with Crippen LogP contribution in [0, 0.1) is 6.92 Å². The van der Waals surface area contributed by atoms with Crippen LogP contribution in [0.3, 0.4) is 0 Å². The monoisotopic (exact) mass is 288 g/mol. The zero-order valence-electron chi connectivity index (χ0n) is 11.7. The number of aryl methyl sites for hydroxylation is 2. The molecule has 3 nitrogen and oxygen atoms in total. The third-order valence-electron chi connectivity index (χ3n) is 3.05. The van der Waals surface area contributed by atoms with Crippen molar-refractivity contribution in [2.45, 2.75) is 25.6 Å². The Hall–Kier alpha value is -1.68. The number of nitrogens with zero attached hydrogens (tertiary/aromatic N) is 1. The van der Waals surface area contributed by atoms with Gasteiger partial charge in [-0.15, -0.1) is 0 Å². The fourth-order valence-corrected chi connectivity index (χ4v) is 2.95. The third-order valence-corrected chi connectivity index (χ3v) is 4.16. The summed E-state index contributed by atoms with van der Waals surface area (Å²) in [7, 11) is 0. The first-order chi connectivity index (χ1) is 9.65. The van der Waals surface area contributed by atoms with Crippen molar-refractivity contribution in [3.63, 3.8) is 0 Å². The Kier molecular flexibility index (Phi) is 5.30. The first-order valence-electron chi connectivity index (χ1n) is 6.74. The van der Waals surface area contributed by atoms with E-state index in [2.05, 4.69) is 31.2 Å². The maximum atomic E-state index is 11.6. The molecule has 106 valence electrons. The third kappa shape index (κ3) is 4.46. The van der Waals surface area contributed by atoms with Gasteiger partial charge in [-0.3, -0.25) is 4.79 Å². The van der Waals surface area contributed by atoms with Crippen LogP contribution in [0.25, 0.3) is 0 Å². The van der Waals surface area contributed by atoms with Crippen LogP contribution in [0.5, 0.6) is 0 Å². The molecule has 0 radical (unpaired) electrons. The zero-order valence-corrected chi connectivity index (χ0v) is 12.5. The van der Waals surface area contributed by atoms with Crippen molar-refractivity contribution in [1.82, 2.24) is 4.57 Å². The van der Waals surface area contributed by atoms with Crippen LogP contribution in [0.2, 0.25) is 0 Å². The molecule has 0 saturated heterocycles. The molecule has 1 heterocycles. The lowest BCUT2D eigenvalue weighted by Crippen LogP contribution is -2.19. The van der Waals surface area contributed by atoms with E-state index in [9.17, 15) is 4.79 Å². The summed E-state index contributed by atoms with van der Waals surface area (Å²) in [6, 6.07) is 11.7. The summed E-state index contributed by atoms with van der Waals surface area (Å²) in [6.07, 6.45) is 2.69. The van der Waals surface area contributed by atoms with Crippen molar-refractivity contribution in [2.75, 3.05) is 11.5 Å². The molecule has 0 amide bonds. The molecule has 0 aliphatic carbocycles. The minimum Gasteiger partial charge on any atom is -0.398 e. The Morgan fingerprint density at radius 2 is 2.10 bits per heavy atom. The van der Waals surface area contributed by atoms with E-state index in [1.807, 2.05) is 11.8 Å². The van der Waals surface area contributed by atoms with Gasteiger partial charge in [0.1, 0.15) is 0 Å². The van der Waals surface area contributed by atoms with Gasteiger partial charge in [0.15, 0.2) is 0 Å². The van der Waals surface area contributed by atoms with Crippen molar-refractivity contribution in [3.05, 3.63) is 64.1 Å². The molecule has 20 heavy (non-hydrogen) atoms. The first-order valence-corrected chi connectivity index (χ1v) is 7.90. The number of hydrogen-bond acceptors (Lipinski definition) is 3. The van der Waals surface area contributed by atoms with E-state index in [1.165, 1.54) is 17.2 Å². The minimum atomic E-state index is 0.0166. The lowest BCUT2D eigenvalue weighted by Gasteiger charge is -2.06.